The number of aromatic nitrogens is 1. The maximum absolute atomic E-state index is 12.5. The number of carbonyl (C=O) groups excluding carboxylic acids is 1. The Kier molecular flexibility index (Phi) is 7.78. The number of hydrogen-bond donors (Lipinski definition) is 1. The molecule has 0 aliphatic rings. The zero-order chi connectivity index (χ0) is 23.8. The second-order valence-corrected chi connectivity index (χ2v) is 8.23. The van der Waals surface area contributed by atoms with E-state index in [1.54, 1.807) is 18.3 Å². The van der Waals surface area contributed by atoms with Gasteiger partial charge in [-0.15, -0.1) is 0 Å². The van der Waals surface area contributed by atoms with E-state index in [0.717, 1.165) is 21.3 Å². The van der Waals surface area contributed by atoms with E-state index < -0.39 is 0 Å². The van der Waals surface area contributed by atoms with Gasteiger partial charge < -0.3 is 14.0 Å². The van der Waals surface area contributed by atoms with Crippen LogP contribution in [0.15, 0.2) is 101 Å². The Balaban J connectivity index is 1.42. The molecular weight excluding hydrogens is 494 g/mol. The highest BCUT2D eigenvalue weighted by Crippen LogP contribution is 2.37. The van der Waals surface area contributed by atoms with E-state index in [-0.39, 0.29) is 5.91 Å². The van der Waals surface area contributed by atoms with Crippen molar-refractivity contribution >= 4 is 28.1 Å². The van der Waals surface area contributed by atoms with Gasteiger partial charge in [0.05, 0.1) is 17.3 Å². The quantitative estimate of drug-likeness (QED) is 0.219. The van der Waals surface area contributed by atoms with Crippen molar-refractivity contribution in [1.29, 1.82) is 0 Å². The van der Waals surface area contributed by atoms with Gasteiger partial charge in [-0.05, 0) is 82.5 Å². The van der Waals surface area contributed by atoms with Crippen LogP contribution in [0.4, 0.5) is 0 Å². The molecule has 6 nitrogen and oxygen atoms in total. The molecule has 0 bridgehead atoms. The lowest BCUT2D eigenvalue weighted by Gasteiger charge is -2.14. The summed E-state index contributed by atoms with van der Waals surface area (Å²) in [4.78, 5) is 12.5. The van der Waals surface area contributed by atoms with E-state index in [1.165, 1.54) is 0 Å². The Morgan fingerprint density at radius 3 is 2.44 bits per heavy atom. The average Bonchev–Trinajstić information content (AvgIpc) is 3.40. The second kappa shape index (κ2) is 11.3. The molecule has 0 fully saturated rings. The molecule has 0 atom stereocenters. The first kappa shape index (κ1) is 23.3. The van der Waals surface area contributed by atoms with Gasteiger partial charge >= 0.3 is 0 Å². The SMILES string of the molecule is CCOc1cc(C=NNC(=O)c2ccc(-n3cccc3)cc2)cc(Br)c1OCc1ccccc1. The summed E-state index contributed by atoms with van der Waals surface area (Å²) in [5.41, 5.74) is 5.89. The Morgan fingerprint density at radius 1 is 1.00 bits per heavy atom. The maximum atomic E-state index is 12.5. The predicted molar refractivity (Wildman–Crippen MR) is 137 cm³/mol. The van der Waals surface area contributed by atoms with Gasteiger partial charge in [-0.1, -0.05) is 30.3 Å². The lowest BCUT2D eigenvalue weighted by molar-refractivity contribution is 0.0955. The van der Waals surface area contributed by atoms with Gasteiger partial charge in [0.1, 0.15) is 6.61 Å². The fourth-order valence-corrected chi connectivity index (χ4v) is 3.89. The number of carbonyl (C=O) groups is 1. The third-order valence-electron chi connectivity index (χ3n) is 4.97. The number of nitrogens with zero attached hydrogens (tertiary/aromatic N) is 2. The summed E-state index contributed by atoms with van der Waals surface area (Å²) in [6.45, 7) is 2.83. The van der Waals surface area contributed by atoms with Crippen LogP contribution in [0, 0.1) is 0 Å². The van der Waals surface area contributed by atoms with E-state index in [2.05, 4.69) is 26.5 Å². The summed E-state index contributed by atoms with van der Waals surface area (Å²) in [5, 5.41) is 4.11. The molecule has 0 saturated carbocycles. The number of rotatable bonds is 9. The molecule has 1 amide bonds. The van der Waals surface area contributed by atoms with Gasteiger partial charge in [0.2, 0.25) is 0 Å². The number of hydrazone groups is 1. The van der Waals surface area contributed by atoms with Crippen LogP contribution < -0.4 is 14.9 Å². The molecule has 0 aliphatic heterocycles. The predicted octanol–water partition coefficient (Wildman–Crippen LogP) is 5.98. The molecule has 0 saturated heterocycles. The molecule has 172 valence electrons. The molecule has 34 heavy (non-hydrogen) atoms. The zero-order valence-corrected chi connectivity index (χ0v) is 20.2. The van der Waals surface area contributed by atoms with Crippen LogP contribution in [-0.4, -0.2) is 23.3 Å². The third-order valence-corrected chi connectivity index (χ3v) is 5.56. The van der Waals surface area contributed by atoms with E-state index in [0.29, 0.717) is 30.3 Å². The van der Waals surface area contributed by atoms with Gasteiger partial charge in [-0.25, -0.2) is 5.43 Å². The highest BCUT2D eigenvalue weighted by molar-refractivity contribution is 9.10. The fraction of sp³-hybridized carbons (Fsp3) is 0.111. The first-order chi connectivity index (χ1) is 16.6. The van der Waals surface area contributed by atoms with Crippen molar-refractivity contribution in [3.63, 3.8) is 0 Å². The molecular formula is C27H24BrN3O3. The first-order valence-corrected chi connectivity index (χ1v) is 11.6. The van der Waals surface area contributed by atoms with Crippen molar-refractivity contribution in [2.75, 3.05) is 6.61 Å². The lowest BCUT2D eigenvalue weighted by atomic mass is 10.2. The van der Waals surface area contributed by atoms with Crippen LogP contribution in [0.25, 0.3) is 5.69 Å². The largest absolute Gasteiger partial charge is 0.490 e. The van der Waals surface area contributed by atoms with Crippen LogP contribution in [0.1, 0.15) is 28.4 Å². The van der Waals surface area contributed by atoms with Crippen molar-refractivity contribution < 1.29 is 14.3 Å². The van der Waals surface area contributed by atoms with E-state index in [1.807, 2.05) is 90.6 Å². The van der Waals surface area contributed by atoms with Gasteiger partial charge in [-0.3, -0.25) is 4.79 Å². The molecule has 0 unspecified atom stereocenters. The number of hydrogen-bond acceptors (Lipinski definition) is 4. The standard InChI is InChI=1S/C27H24BrN3O3/c1-2-33-25-17-21(16-24(28)26(25)34-19-20-8-4-3-5-9-20)18-29-30-27(32)22-10-12-23(13-11-22)31-14-6-7-15-31/h3-18H,2,19H2,1H3,(H,30,32). The molecule has 7 heteroatoms. The Bertz CT molecular complexity index is 1250. The third kappa shape index (κ3) is 5.94. The number of benzene rings is 3. The van der Waals surface area contributed by atoms with E-state index in [4.69, 9.17) is 9.47 Å². The van der Waals surface area contributed by atoms with E-state index >= 15 is 0 Å². The van der Waals surface area contributed by atoms with Gasteiger partial charge in [0, 0.05) is 23.6 Å². The summed E-state index contributed by atoms with van der Waals surface area (Å²) >= 11 is 3.57. The summed E-state index contributed by atoms with van der Waals surface area (Å²) in [7, 11) is 0. The van der Waals surface area contributed by atoms with Crippen LogP contribution in [-0.2, 0) is 6.61 Å². The molecule has 1 heterocycles. The van der Waals surface area contributed by atoms with Crippen molar-refractivity contribution in [3.8, 4) is 17.2 Å². The molecule has 3 aromatic carbocycles. The highest BCUT2D eigenvalue weighted by Gasteiger charge is 2.12. The summed E-state index contributed by atoms with van der Waals surface area (Å²) in [5.74, 6) is 0.929. The molecule has 1 aromatic heterocycles. The van der Waals surface area contributed by atoms with Gasteiger partial charge in [0.25, 0.3) is 5.91 Å². The molecule has 0 aliphatic carbocycles. The molecule has 4 aromatic rings. The second-order valence-electron chi connectivity index (χ2n) is 7.37. The maximum Gasteiger partial charge on any atom is 0.271 e. The zero-order valence-electron chi connectivity index (χ0n) is 18.6. The number of halogens is 1. The molecule has 1 N–H and O–H groups in total. The normalized spacial score (nSPS) is 10.9. The minimum Gasteiger partial charge on any atom is -0.490 e. The average molecular weight is 518 g/mol. The topological polar surface area (TPSA) is 64.8 Å². The van der Waals surface area contributed by atoms with Crippen molar-refractivity contribution in [1.82, 2.24) is 9.99 Å². The Hall–Kier alpha value is -3.84. The van der Waals surface area contributed by atoms with E-state index in [9.17, 15) is 4.79 Å². The summed E-state index contributed by atoms with van der Waals surface area (Å²) < 4.78 is 14.5. The molecule has 4 rings (SSSR count). The molecule has 0 spiro atoms. The lowest BCUT2D eigenvalue weighted by Crippen LogP contribution is -2.17. The van der Waals surface area contributed by atoms with Crippen molar-refractivity contribution in [2.24, 2.45) is 5.10 Å². The smallest absolute Gasteiger partial charge is 0.271 e. The Labute approximate surface area is 207 Å². The Morgan fingerprint density at radius 2 is 1.74 bits per heavy atom. The van der Waals surface area contributed by atoms with Crippen molar-refractivity contribution in [2.45, 2.75) is 13.5 Å². The summed E-state index contributed by atoms with van der Waals surface area (Å²) in [6.07, 6.45) is 5.47. The number of ether oxygens (including phenoxy) is 2. The minimum absolute atomic E-state index is 0.290. The molecule has 0 radical (unpaired) electrons. The monoisotopic (exact) mass is 517 g/mol. The fourth-order valence-electron chi connectivity index (χ4n) is 3.32. The van der Waals surface area contributed by atoms with Gasteiger partial charge in [-0.2, -0.15) is 5.10 Å². The first-order valence-electron chi connectivity index (χ1n) is 10.8. The highest BCUT2D eigenvalue weighted by atomic mass is 79.9. The van der Waals surface area contributed by atoms with Crippen molar-refractivity contribution in [3.05, 3.63) is 112 Å². The minimum atomic E-state index is -0.290. The van der Waals surface area contributed by atoms with Crippen LogP contribution in [0.2, 0.25) is 0 Å². The number of nitrogens with one attached hydrogen (secondary N) is 1. The van der Waals surface area contributed by atoms with Gasteiger partial charge in [0.15, 0.2) is 11.5 Å². The van der Waals surface area contributed by atoms with Crippen LogP contribution in [0.5, 0.6) is 11.5 Å². The summed E-state index contributed by atoms with van der Waals surface area (Å²) in [6, 6.07) is 24.8. The number of amides is 1. The van der Waals surface area contributed by atoms with Crippen LogP contribution >= 0.6 is 15.9 Å². The van der Waals surface area contributed by atoms with Crippen LogP contribution in [0.3, 0.4) is 0 Å².